The fraction of sp³-hybridized carbons (Fsp3) is 0.462. The molecule has 5 nitrogen and oxygen atoms in total. The van der Waals surface area contributed by atoms with Gasteiger partial charge in [0.15, 0.2) is 6.10 Å². The van der Waals surface area contributed by atoms with E-state index in [4.69, 9.17) is 21.4 Å². The summed E-state index contributed by atoms with van der Waals surface area (Å²) in [5, 5.41) is 11.8. The van der Waals surface area contributed by atoms with Crippen LogP contribution in [-0.2, 0) is 6.54 Å². The predicted molar refractivity (Wildman–Crippen MR) is 74.9 cm³/mol. The predicted octanol–water partition coefficient (Wildman–Crippen LogP) is 2.41. The van der Waals surface area contributed by atoms with Crippen LogP contribution in [0, 0.1) is 0 Å². The number of aliphatic hydroxyl groups is 1. The molecule has 0 aliphatic carbocycles. The summed E-state index contributed by atoms with van der Waals surface area (Å²) in [6.45, 7) is -0.836. The highest BCUT2D eigenvalue weighted by molar-refractivity contribution is 6.30. The van der Waals surface area contributed by atoms with Crippen molar-refractivity contribution >= 4 is 17.6 Å². The zero-order valence-electron chi connectivity index (χ0n) is 11.9. The van der Waals surface area contributed by atoms with Gasteiger partial charge in [0, 0.05) is 24.2 Å². The number of ether oxygens (including phenoxy) is 1. The minimum Gasteiger partial charge on any atom is -0.496 e. The molecular weight excluding hydrogens is 325 g/mol. The van der Waals surface area contributed by atoms with Gasteiger partial charge in [0.2, 0.25) is 0 Å². The number of rotatable bonds is 5. The Balaban J connectivity index is 2.61. The van der Waals surface area contributed by atoms with Crippen LogP contribution in [0.4, 0.5) is 18.0 Å². The molecule has 1 aromatic carbocycles. The summed E-state index contributed by atoms with van der Waals surface area (Å²) in [5.74, 6) is 0.489. The molecule has 0 aliphatic heterocycles. The number of alkyl halides is 3. The van der Waals surface area contributed by atoms with E-state index in [9.17, 15) is 18.0 Å². The molecule has 0 fully saturated rings. The maximum Gasteiger partial charge on any atom is 0.416 e. The van der Waals surface area contributed by atoms with Crippen LogP contribution >= 0.6 is 11.6 Å². The normalized spacial score (nSPS) is 12.7. The Morgan fingerprint density at radius 1 is 1.50 bits per heavy atom. The summed E-state index contributed by atoms with van der Waals surface area (Å²) < 4.78 is 41.8. The van der Waals surface area contributed by atoms with Crippen molar-refractivity contribution in [2.45, 2.75) is 18.8 Å². The zero-order chi connectivity index (χ0) is 16.9. The van der Waals surface area contributed by atoms with Crippen molar-refractivity contribution in [2.24, 2.45) is 0 Å². The van der Waals surface area contributed by atoms with Crippen LogP contribution in [-0.4, -0.2) is 49.0 Å². The van der Waals surface area contributed by atoms with Gasteiger partial charge in [-0.25, -0.2) is 4.79 Å². The Bertz CT molecular complexity index is 526. The van der Waals surface area contributed by atoms with E-state index in [2.05, 4.69) is 5.32 Å². The SMILES string of the molecule is COc1ccc(Cl)cc1CNC(=O)N(C)C[C@H](O)C(F)(F)F. The van der Waals surface area contributed by atoms with Gasteiger partial charge in [0.1, 0.15) is 5.75 Å². The lowest BCUT2D eigenvalue weighted by atomic mass is 10.2. The molecule has 0 aliphatic rings. The molecule has 124 valence electrons. The lowest BCUT2D eigenvalue weighted by Crippen LogP contribution is -2.45. The number of urea groups is 1. The van der Waals surface area contributed by atoms with E-state index < -0.39 is 24.9 Å². The number of hydrogen-bond donors (Lipinski definition) is 2. The number of carbonyl (C=O) groups excluding carboxylic acids is 1. The number of amides is 2. The molecule has 0 saturated carbocycles. The first-order valence-electron chi connectivity index (χ1n) is 6.21. The smallest absolute Gasteiger partial charge is 0.416 e. The number of nitrogens with one attached hydrogen (secondary N) is 1. The van der Waals surface area contributed by atoms with E-state index in [1.165, 1.54) is 7.11 Å². The van der Waals surface area contributed by atoms with E-state index in [1.807, 2.05) is 0 Å². The monoisotopic (exact) mass is 340 g/mol. The van der Waals surface area contributed by atoms with Crippen LogP contribution in [0.15, 0.2) is 18.2 Å². The summed E-state index contributed by atoms with van der Waals surface area (Å²) in [5.41, 5.74) is 0.577. The lowest BCUT2D eigenvalue weighted by Gasteiger charge is -2.23. The van der Waals surface area contributed by atoms with Crippen LogP contribution in [0.3, 0.4) is 0 Å². The van der Waals surface area contributed by atoms with E-state index in [0.29, 0.717) is 16.3 Å². The average Bonchev–Trinajstić information content (AvgIpc) is 2.43. The number of likely N-dealkylation sites (N-methyl/N-ethyl adjacent to an activating group) is 1. The maximum absolute atomic E-state index is 12.2. The zero-order valence-corrected chi connectivity index (χ0v) is 12.7. The van der Waals surface area contributed by atoms with Gasteiger partial charge in [-0.2, -0.15) is 13.2 Å². The first kappa shape index (κ1) is 18.4. The van der Waals surface area contributed by atoms with Crippen molar-refractivity contribution in [1.82, 2.24) is 10.2 Å². The standard InChI is InChI=1S/C13H16ClF3N2O3/c1-19(7-11(20)13(15,16)17)12(21)18-6-8-5-9(14)3-4-10(8)22-2/h3-5,11,20H,6-7H2,1-2H3,(H,18,21)/t11-/m0/s1. The van der Waals surface area contributed by atoms with E-state index in [0.717, 1.165) is 11.9 Å². The molecule has 2 amide bonds. The van der Waals surface area contributed by atoms with E-state index >= 15 is 0 Å². The summed E-state index contributed by atoms with van der Waals surface area (Å²) in [6.07, 6.45) is -7.37. The minimum atomic E-state index is -4.77. The molecule has 0 heterocycles. The largest absolute Gasteiger partial charge is 0.496 e. The Hall–Kier alpha value is -1.67. The molecule has 2 N–H and O–H groups in total. The number of benzene rings is 1. The third-order valence-electron chi connectivity index (χ3n) is 2.84. The van der Waals surface area contributed by atoms with E-state index in [-0.39, 0.29) is 6.54 Å². The van der Waals surface area contributed by atoms with Crippen LogP contribution < -0.4 is 10.1 Å². The van der Waals surface area contributed by atoms with Gasteiger partial charge in [-0.1, -0.05) is 11.6 Å². The van der Waals surface area contributed by atoms with Gasteiger partial charge in [-0.3, -0.25) is 0 Å². The molecule has 0 spiro atoms. The third kappa shape index (κ3) is 5.27. The second kappa shape index (κ2) is 7.55. The molecule has 1 atom stereocenters. The number of aliphatic hydroxyl groups excluding tert-OH is 1. The van der Waals surface area contributed by atoms with Crippen molar-refractivity contribution in [2.75, 3.05) is 20.7 Å². The second-order valence-electron chi connectivity index (χ2n) is 4.55. The van der Waals surface area contributed by atoms with Crippen LogP contribution in [0.2, 0.25) is 5.02 Å². The fourth-order valence-electron chi connectivity index (χ4n) is 1.64. The Labute approximate surface area is 130 Å². The Morgan fingerprint density at radius 3 is 2.68 bits per heavy atom. The molecule has 0 saturated heterocycles. The maximum atomic E-state index is 12.2. The van der Waals surface area contributed by atoms with Crippen LogP contribution in [0.25, 0.3) is 0 Å². The van der Waals surface area contributed by atoms with Crippen LogP contribution in [0.1, 0.15) is 5.56 Å². The quantitative estimate of drug-likeness (QED) is 0.865. The van der Waals surface area contributed by atoms with E-state index in [1.54, 1.807) is 18.2 Å². The van der Waals surface area contributed by atoms with Crippen LogP contribution in [0.5, 0.6) is 5.75 Å². The first-order valence-corrected chi connectivity index (χ1v) is 6.59. The van der Waals surface area contributed by atoms with Gasteiger partial charge < -0.3 is 20.1 Å². The van der Waals surface area contributed by atoms with Crippen molar-refractivity contribution in [3.8, 4) is 5.75 Å². The van der Waals surface area contributed by atoms with Gasteiger partial charge in [0.25, 0.3) is 0 Å². The minimum absolute atomic E-state index is 0.0228. The van der Waals surface area contributed by atoms with Crippen molar-refractivity contribution in [1.29, 1.82) is 0 Å². The molecule has 0 bridgehead atoms. The molecule has 9 heteroatoms. The summed E-state index contributed by atoms with van der Waals surface area (Å²) in [4.78, 5) is 12.5. The summed E-state index contributed by atoms with van der Waals surface area (Å²) in [7, 11) is 2.60. The number of methoxy groups -OCH3 is 1. The third-order valence-corrected chi connectivity index (χ3v) is 3.08. The lowest BCUT2D eigenvalue weighted by molar-refractivity contribution is -0.205. The number of carbonyl (C=O) groups is 1. The number of halogens is 4. The number of hydrogen-bond acceptors (Lipinski definition) is 3. The molecule has 22 heavy (non-hydrogen) atoms. The molecule has 1 rings (SSSR count). The molecule has 0 unspecified atom stereocenters. The highest BCUT2D eigenvalue weighted by atomic mass is 35.5. The highest BCUT2D eigenvalue weighted by Crippen LogP contribution is 2.23. The summed E-state index contributed by atoms with van der Waals surface area (Å²) >= 11 is 5.83. The average molecular weight is 341 g/mol. The molecule has 0 radical (unpaired) electrons. The molecule has 1 aromatic rings. The summed E-state index contributed by atoms with van der Waals surface area (Å²) in [6, 6.07) is 4.04. The molecular formula is C13H16ClF3N2O3. The molecule has 0 aromatic heterocycles. The Morgan fingerprint density at radius 2 is 2.14 bits per heavy atom. The Kier molecular flexibility index (Phi) is 6.31. The topological polar surface area (TPSA) is 61.8 Å². The van der Waals surface area contributed by atoms with Crippen molar-refractivity contribution in [3.05, 3.63) is 28.8 Å². The number of nitrogens with zero attached hydrogens (tertiary/aromatic N) is 1. The second-order valence-corrected chi connectivity index (χ2v) is 4.99. The van der Waals surface area contributed by atoms with Crippen molar-refractivity contribution < 1.29 is 27.8 Å². The van der Waals surface area contributed by atoms with Gasteiger partial charge in [-0.15, -0.1) is 0 Å². The van der Waals surface area contributed by atoms with Gasteiger partial charge >= 0.3 is 12.2 Å². The highest BCUT2D eigenvalue weighted by Gasteiger charge is 2.39. The van der Waals surface area contributed by atoms with Crippen molar-refractivity contribution in [3.63, 3.8) is 0 Å². The van der Waals surface area contributed by atoms with Gasteiger partial charge in [-0.05, 0) is 18.2 Å². The van der Waals surface area contributed by atoms with Gasteiger partial charge in [0.05, 0.1) is 13.7 Å². The fourth-order valence-corrected chi connectivity index (χ4v) is 1.83. The first-order chi connectivity index (χ1) is 10.1.